The molecule has 0 saturated heterocycles. The summed E-state index contributed by atoms with van der Waals surface area (Å²) >= 11 is 13.6. The number of aryl methyl sites for hydroxylation is 1. The number of aromatic nitrogens is 1. The highest BCUT2D eigenvalue weighted by atomic mass is 35.5. The normalized spacial score (nSPS) is 12.1. The van der Waals surface area contributed by atoms with Gasteiger partial charge in [0.1, 0.15) is 0 Å². The topological polar surface area (TPSA) is 59.2 Å². The van der Waals surface area contributed by atoms with E-state index in [0.717, 1.165) is 0 Å². The molecule has 4 nitrogen and oxygen atoms in total. The van der Waals surface area contributed by atoms with Crippen LogP contribution in [0, 0.1) is 13.8 Å². The third kappa shape index (κ3) is 4.22. The molecule has 0 aliphatic heterocycles. The van der Waals surface area contributed by atoms with Gasteiger partial charge in [-0.1, -0.05) is 29.3 Å². The molecule has 0 bridgehead atoms. The SMILES string of the molecule is CCOC(=O)c1c(C)[nH]c(C(=O)[C@H](C)Sc2c(Cl)cccc2Cl)c1C. The maximum Gasteiger partial charge on any atom is 0.340 e. The third-order valence-corrected chi connectivity index (χ3v) is 5.84. The molecule has 25 heavy (non-hydrogen) atoms. The summed E-state index contributed by atoms with van der Waals surface area (Å²) in [6, 6.07) is 5.22. The molecular weight excluding hydrogens is 381 g/mol. The molecule has 134 valence electrons. The van der Waals surface area contributed by atoms with Gasteiger partial charge in [0.05, 0.1) is 33.2 Å². The Morgan fingerprint density at radius 1 is 1.24 bits per heavy atom. The minimum atomic E-state index is -0.428. The Balaban J connectivity index is 2.29. The molecule has 1 aromatic carbocycles. The molecule has 0 amide bonds. The molecule has 7 heteroatoms. The van der Waals surface area contributed by atoms with E-state index in [4.69, 9.17) is 27.9 Å². The Bertz CT molecular complexity index is 797. The Hall–Kier alpha value is -1.43. The summed E-state index contributed by atoms with van der Waals surface area (Å²) in [5, 5.41) is 0.580. The van der Waals surface area contributed by atoms with Crippen molar-refractivity contribution in [1.29, 1.82) is 0 Å². The van der Waals surface area contributed by atoms with E-state index in [1.807, 2.05) is 0 Å². The molecule has 0 fully saturated rings. The number of carbonyl (C=O) groups is 2. The summed E-state index contributed by atoms with van der Waals surface area (Å²) in [4.78, 5) is 28.6. The van der Waals surface area contributed by atoms with E-state index < -0.39 is 11.2 Å². The van der Waals surface area contributed by atoms with Crippen LogP contribution >= 0.6 is 35.0 Å². The number of rotatable bonds is 6. The van der Waals surface area contributed by atoms with Crippen molar-refractivity contribution < 1.29 is 14.3 Å². The highest BCUT2D eigenvalue weighted by molar-refractivity contribution is 8.00. The average molecular weight is 400 g/mol. The summed E-state index contributed by atoms with van der Waals surface area (Å²) in [5.41, 5.74) is 2.04. The Morgan fingerprint density at radius 3 is 2.40 bits per heavy atom. The lowest BCUT2D eigenvalue weighted by molar-refractivity contribution is 0.0525. The van der Waals surface area contributed by atoms with Crippen molar-refractivity contribution in [3.63, 3.8) is 0 Å². The number of esters is 1. The summed E-state index contributed by atoms with van der Waals surface area (Å²) < 4.78 is 5.06. The number of hydrogen-bond acceptors (Lipinski definition) is 4. The Labute approximate surface area is 161 Å². The molecule has 0 saturated carbocycles. The number of H-pyrrole nitrogens is 1. The van der Waals surface area contributed by atoms with Crippen molar-refractivity contribution in [3.05, 3.63) is 50.8 Å². The fourth-order valence-corrected chi connectivity index (χ4v) is 4.14. The highest BCUT2D eigenvalue weighted by Gasteiger charge is 2.26. The van der Waals surface area contributed by atoms with Gasteiger partial charge in [-0.3, -0.25) is 4.79 Å². The maximum atomic E-state index is 12.8. The van der Waals surface area contributed by atoms with Crippen molar-refractivity contribution in [1.82, 2.24) is 4.98 Å². The number of thioether (sulfide) groups is 1. The number of halogens is 2. The van der Waals surface area contributed by atoms with Crippen LogP contribution in [0.5, 0.6) is 0 Å². The van der Waals surface area contributed by atoms with Gasteiger partial charge >= 0.3 is 5.97 Å². The first kappa shape index (κ1) is 19.9. The van der Waals surface area contributed by atoms with E-state index in [-0.39, 0.29) is 12.4 Å². The Morgan fingerprint density at radius 2 is 1.84 bits per heavy atom. The summed E-state index contributed by atoms with van der Waals surface area (Å²) in [7, 11) is 0. The Kier molecular flexibility index (Phi) is 6.60. The zero-order chi connectivity index (χ0) is 18.7. The standard InChI is InChI=1S/C18H19Cl2NO3S/c1-5-24-18(23)14-9(2)15(21-10(14)3)16(22)11(4)25-17-12(19)7-6-8-13(17)20/h6-8,11,21H,5H2,1-4H3/t11-/m0/s1. The lowest BCUT2D eigenvalue weighted by Crippen LogP contribution is -2.15. The fourth-order valence-electron chi connectivity index (χ4n) is 2.53. The number of nitrogens with one attached hydrogen (secondary N) is 1. The van der Waals surface area contributed by atoms with E-state index in [1.165, 1.54) is 11.8 Å². The monoisotopic (exact) mass is 399 g/mol. The van der Waals surface area contributed by atoms with Gasteiger partial charge in [-0.25, -0.2) is 4.79 Å². The largest absolute Gasteiger partial charge is 0.462 e. The van der Waals surface area contributed by atoms with Gasteiger partial charge in [0.15, 0.2) is 5.78 Å². The first-order valence-electron chi connectivity index (χ1n) is 7.79. The van der Waals surface area contributed by atoms with Gasteiger partial charge in [0.25, 0.3) is 0 Å². The molecule has 0 aliphatic rings. The van der Waals surface area contributed by atoms with Crippen molar-refractivity contribution >= 4 is 46.7 Å². The average Bonchev–Trinajstić information content (AvgIpc) is 2.85. The second-order valence-corrected chi connectivity index (χ2v) is 7.69. The predicted molar refractivity (Wildman–Crippen MR) is 102 cm³/mol. The third-order valence-electron chi connectivity index (χ3n) is 3.75. The highest BCUT2D eigenvalue weighted by Crippen LogP contribution is 2.37. The van der Waals surface area contributed by atoms with Crippen LogP contribution in [0.2, 0.25) is 10.0 Å². The van der Waals surface area contributed by atoms with E-state index >= 15 is 0 Å². The van der Waals surface area contributed by atoms with Gasteiger partial charge in [0, 0.05) is 10.6 Å². The van der Waals surface area contributed by atoms with Crippen LogP contribution < -0.4 is 0 Å². The number of carbonyl (C=O) groups excluding carboxylic acids is 2. The lowest BCUT2D eigenvalue weighted by atomic mass is 10.1. The van der Waals surface area contributed by atoms with Crippen molar-refractivity contribution in [2.24, 2.45) is 0 Å². The second kappa shape index (κ2) is 8.30. The van der Waals surface area contributed by atoms with Gasteiger partial charge < -0.3 is 9.72 Å². The number of hydrogen-bond donors (Lipinski definition) is 1. The molecular formula is C18H19Cl2NO3S. The van der Waals surface area contributed by atoms with Crippen molar-refractivity contribution in [2.45, 2.75) is 37.8 Å². The minimum absolute atomic E-state index is 0.128. The van der Waals surface area contributed by atoms with Gasteiger partial charge in [-0.15, -0.1) is 11.8 Å². The zero-order valence-corrected chi connectivity index (χ0v) is 16.7. The maximum absolute atomic E-state index is 12.8. The van der Waals surface area contributed by atoms with E-state index in [9.17, 15) is 9.59 Å². The quantitative estimate of drug-likeness (QED) is 0.396. The van der Waals surface area contributed by atoms with Gasteiger partial charge in [-0.05, 0) is 45.4 Å². The molecule has 0 radical (unpaired) electrons. The number of ketones is 1. The van der Waals surface area contributed by atoms with E-state index in [2.05, 4.69) is 4.98 Å². The van der Waals surface area contributed by atoms with Crippen LogP contribution in [0.25, 0.3) is 0 Å². The molecule has 2 aromatic rings. The predicted octanol–water partition coefficient (Wildman–Crippen LogP) is 5.48. The van der Waals surface area contributed by atoms with Gasteiger partial charge in [0.2, 0.25) is 0 Å². The van der Waals surface area contributed by atoms with Crippen LogP contribution in [0.15, 0.2) is 23.1 Å². The molecule has 1 heterocycles. The van der Waals surface area contributed by atoms with E-state index in [0.29, 0.717) is 37.5 Å². The van der Waals surface area contributed by atoms with Crippen LogP contribution in [-0.2, 0) is 4.74 Å². The van der Waals surface area contributed by atoms with Crippen LogP contribution in [0.4, 0.5) is 0 Å². The number of Topliss-reactive ketones (excluding diaryl/α,β-unsaturated/α-hetero) is 1. The molecule has 0 spiro atoms. The molecule has 0 unspecified atom stereocenters. The first-order chi connectivity index (χ1) is 11.8. The summed E-state index contributed by atoms with van der Waals surface area (Å²) in [5.74, 6) is -0.556. The van der Waals surface area contributed by atoms with Crippen LogP contribution in [0.1, 0.15) is 46.0 Å². The summed E-state index contributed by atoms with van der Waals surface area (Å²) in [6.07, 6.45) is 0. The second-order valence-electron chi connectivity index (χ2n) is 5.52. The van der Waals surface area contributed by atoms with Crippen LogP contribution in [0.3, 0.4) is 0 Å². The lowest BCUT2D eigenvalue weighted by Gasteiger charge is -2.12. The number of aromatic amines is 1. The molecule has 2 rings (SSSR count). The zero-order valence-electron chi connectivity index (χ0n) is 14.4. The molecule has 1 N–H and O–H groups in total. The van der Waals surface area contributed by atoms with Crippen LogP contribution in [-0.4, -0.2) is 28.6 Å². The smallest absolute Gasteiger partial charge is 0.340 e. The van der Waals surface area contributed by atoms with Gasteiger partial charge in [-0.2, -0.15) is 0 Å². The molecule has 0 aliphatic carbocycles. The summed E-state index contributed by atoms with van der Waals surface area (Å²) in [6.45, 7) is 7.30. The first-order valence-corrected chi connectivity index (χ1v) is 9.42. The van der Waals surface area contributed by atoms with Crippen molar-refractivity contribution in [2.75, 3.05) is 6.61 Å². The number of ether oxygens (including phenoxy) is 1. The van der Waals surface area contributed by atoms with Crippen molar-refractivity contribution in [3.8, 4) is 0 Å². The molecule has 1 atom stereocenters. The molecule has 1 aromatic heterocycles. The van der Waals surface area contributed by atoms with E-state index in [1.54, 1.807) is 45.9 Å². The number of benzene rings is 1. The minimum Gasteiger partial charge on any atom is -0.462 e. The fraction of sp³-hybridized carbons (Fsp3) is 0.333.